The first-order valence-electron chi connectivity index (χ1n) is 10.4. The van der Waals surface area contributed by atoms with E-state index in [0.29, 0.717) is 0 Å². The van der Waals surface area contributed by atoms with Crippen LogP contribution in [0.25, 0.3) is 32.6 Å². The molecule has 0 spiro atoms. The highest BCUT2D eigenvalue weighted by atomic mass is 79.9. The lowest BCUT2D eigenvalue weighted by Crippen LogP contribution is -3.00. The third-order valence-electron chi connectivity index (χ3n) is 6.67. The molecule has 8 heteroatoms. The molecule has 2 aromatic carbocycles. The maximum atomic E-state index is 10.5. The van der Waals surface area contributed by atoms with Gasteiger partial charge in [-0.05, 0) is 55.5 Å². The molecule has 5 rings (SSSR count). The molecular weight excluding hydrogens is 476 g/mol. The van der Waals surface area contributed by atoms with Crippen molar-refractivity contribution in [3.05, 3.63) is 47.8 Å². The first-order valence-corrected chi connectivity index (χ1v) is 10.4. The van der Waals surface area contributed by atoms with Gasteiger partial charge in [-0.15, -0.1) is 0 Å². The second kappa shape index (κ2) is 8.28. The summed E-state index contributed by atoms with van der Waals surface area (Å²) in [5.74, 6) is 0.800. The number of aromatic amines is 1. The summed E-state index contributed by atoms with van der Waals surface area (Å²) in [5, 5.41) is 35.1. The molecule has 3 heterocycles. The molecule has 1 unspecified atom stereocenters. The highest BCUT2D eigenvalue weighted by Crippen LogP contribution is 2.37. The molecule has 2 aromatic heterocycles. The van der Waals surface area contributed by atoms with Gasteiger partial charge in [0.05, 0.1) is 18.7 Å². The number of rotatable bonds is 2. The van der Waals surface area contributed by atoms with Gasteiger partial charge in [-0.3, -0.25) is 0 Å². The molecule has 1 aliphatic rings. The van der Waals surface area contributed by atoms with Crippen LogP contribution in [0.4, 0.5) is 0 Å². The van der Waals surface area contributed by atoms with Gasteiger partial charge in [-0.2, -0.15) is 4.57 Å². The summed E-state index contributed by atoms with van der Waals surface area (Å²) < 4.78 is 13.0. The Balaban J connectivity index is 0.00000245. The van der Waals surface area contributed by atoms with E-state index in [9.17, 15) is 15.3 Å². The molecule has 0 radical (unpaired) electrons. The van der Waals surface area contributed by atoms with Crippen LogP contribution in [0, 0.1) is 13.8 Å². The van der Waals surface area contributed by atoms with Gasteiger partial charge < -0.3 is 46.8 Å². The number of aliphatic hydroxyl groups excluding tert-OH is 3. The van der Waals surface area contributed by atoms with Crippen molar-refractivity contribution in [2.75, 3.05) is 7.11 Å². The molecule has 1 fully saturated rings. The van der Waals surface area contributed by atoms with E-state index in [4.69, 9.17) is 9.47 Å². The van der Waals surface area contributed by atoms with Crippen LogP contribution in [0.15, 0.2) is 36.7 Å². The number of benzene rings is 2. The number of halogens is 1. The number of H-pyrrole nitrogens is 1. The van der Waals surface area contributed by atoms with E-state index in [0.717, 1.165) is 49.5 Å². The highest BCUT2D eigenvalue weighted by molar-refractivity contribution is 6.16. The summed E-state index contributed by atoms with van der Waals surface area (Å²) in [7, 11) is 1.66. The molecule has 0 amide bonds. The average molecular weight is 503 g/mol. The number of hydrogen-bond donors (Lipinski definition) is 4. The Morgan fingerprint density at radius 3 is 2.44 bits per heavy atom. The van der Waals surface area contributed by atoms with Crippen LogP contribution in [0.2, 0.25) is 0 Å². The fraction of sp³-hybridized carbons (Fsp3) is 0.375. The summed E-state index contributed by atoms with van der Waals surface area (Å²) in [4.78, 5) is 3.54. The summed E-state index contributed by atoms with van der Waals surface area (Å²) in [6, 6.07) is 8.01. The van der Waals surface area contributed by atoms with Crippen LogP contribution in [0.3, 0.4) is 0 Å². The van der Waals surface area contributed by atoms with Crippen LogP contribution in [0.5, 0.6) is 5.75 Å². The molecule has 1 saturated heterocycles. The summed E-state index contributed by atoms with van der Waals surface area (Å²) in [5.41, 5.74) is 4.37. The molecule has 1 aliphatic heterocycles. The summed E-state index contributed by atoms with van der Waals surface area (Å²) in [6.45, 7) is 5.86. The number of methoxy groups -OCH3 is 1. The van der Waals surface area contributed by atoms with Gasteiger partial charge in [-0.1, -0.05) is 0 Å². The molecule has 0 aliphatic carbocycles. The number of aromatic nitrogens is 2. The fourth-order valence-electron chi connectivity index (χ4n) is 4.81. The number of nitrogens with one attached hydrogen (secondary N) is 1. The van der Waals surface area contributed by atoms with Crippen molar-refractivity contribution in [1.82, 2.24) is 4.98 Å². The smallest absolute Gasteiger partial charge is 0.291 e. The van der Waals surface area contributed by atoms with Crippen LogP contribution < -0.4 is 26.3 Å². The monoisotopic (exact) mass is 502 g/mol. The molecular formula is C24H27BrN2O5. The molecule has 4 aromatic rings. The first-order chi connectivity index (χ1) is 14.8. The Morgan fingerprint density at radius 2 is 1.72 bits per heavy atom. The Kier molecular flexibility index (Phi) is 5.94. The Labute approximate surface area is 196 Å². The predicted molar refractivity (Wildman–Crippen MR) is 117 cm³/mol. The van der Waals surface area contributed by atoms with Gasteiger partial charge >= 0.3 is 0 Å². The highest BCUT2D eigenvalue weighted by Gasteiger charge is 2.46. The van der Waals surface area contributed by atoms with Gasteiger partial charge in [0.15, 0.2) is 18.5 Å². The van der Waals surface area contributed by atoms with Crippen LogP contribution in [0.1, 0.15) is 24.3 Å². The van der Waals surface area contributed by atoms with Crippen molar-refractivity contribution < 1.29 is 46.3 Å². The van der Waals surface area contributed by atoms with E-state index in [-0.39, 0.29) is 17.0 Å². The lowest BCUT2D eigenvalue weighted by atomic mass is 9.96. The van der Waals surface area contributed by atoms with Gasteiger partial charge in [0, 0.05) is 27.7 Å². The van der Waals surface area contributed by atoms with E-state index in [2.05, 4.69) is 18.8 Å². The van der Waals surface area contributed by atoms with E-state index in [1.165, 1.54) is 0 Å². The van der Waals surface area contributed by atoms with Crippen LogP contribution in [-0.2, 0) is 4.74 Å². The minimum Gasteiger partial charge on any atom is -1.00 e. The third-order valence-corrected chi connectivity index (χ3v) is 6.67. The average Bonchev–Trinajstić information content (AvgIpc) is 3.17. The van der Waals surface area contributed by atoms with Crippen molar-refractivity contribution in [3.63, 3.8) is 0 Å². The summed E-state index contributed by atoms with van der Waals surface area (Å²) in [6.07, 6.45) is -1.25. The van der Waals surface area contributed by atoms with E-state index in [1.54, 1.807) is 18.6 Å². The maximum Gasteiger partial charge on any atom is 0.291 e. The number of aryl methyl sites for hydroxylation is 2. The van der Waals surface area contributed by atoms with Gasteiger partial charge in [0.1, 0.15) is 18.0 Å². The lowest BCUT2D eigenvalue weighted by Gasteiger charge is -2.36. The Bertz CT molecular complexity index is 1320. The van der Waals surface area contributed by atoms with Gasteiger partial charge in [0.25, 0.3) is 6.23 Å². The largest absolute Gasteiger partial charge is 1.00 e. The van der Waals surface area contributed by atoms with Crippen molar-refractivity contribution in [1.29, 1.82) is 0 Å². The van der Waals surface area contributed by atoms with Crippen molar-refractivity contribution in [3.8, 4) is 5.75 Å². The second-order valence-corrected chi connectivity index (χ2v) is 8.46. The van der Waals surface area contributed by atoms with Gasteiger partial charge in [0.2, 0.25) is 0 Å². The standard InChI is InChI=1S/C24H26N2O5.BrH/c1-11-17-10-26(24-23(29)22(28)21(27)13(3)31-24)8-7-15(17)12(2)20-19(11)16-9-14(30-4)5-6-18(16)25-20;/h5-10,13,21-24,27-29H,1-4H3;1H/t13-,21-,22+,23+,24?;/m0./s1. The minimum absolute atomic E-state index is 0. The zero-order valence-electron chi connectivity index (χ0n) is 18.3. The van der Waals surface area contributed by atoms with Crippen molar-refractivity contribution in [2.45, 2.75) is 51.4 Å². The van der Waals surface area contributed by atoms with Crippen molar-refractivity contribution >= 4 is 32.6 Å². The number of pyridine rings is 1. The first kappa shape index (κ1) is 22.9. The van der Waals surface area contributed by atoms with E-state index in [1.807, 2.05) is 36.7 Å². The molecule has 170 valence electrons. The number of nitrogens with zero attached hydrogens (tertiary/aromatic N) is 1. The molecule has 32 heavy (non-hydrogen) atoms. The quantitative estimate of drug-likeness (QED) is 0.274. The third kappa shape index (κ3) is 3.29. The fourth-order valence-corrected chi connectivity index (χ4v) is 4.81. The number of aliphatic hydroxyl groups is 3. The SMILES string of the molecule is COc1ccc2[nH]c3c(C)c4cc[n+](C5O[C@@H](C)[C@H](O)[C@@H](O)[C@H]5O)cc4c(C)c3c2c1.[Br-]. The molecule has 5 atom stereocenters. The van der Waals surface area contributed by atoms with Gasteiger partial charge in [-0.25, -0.2) is 0 Å². The number of ether oxygens (including phenoxy) is 2. The normalized spacial score (nSPS) is 25.9. The van der Waals surface area contributed by atoms with E-state index < -0.39 is 30.6 Å². The molecule has 0 saturated carbocycles. The number of fused-ring (bicyclic) bond motifs is 4. The van der Waals surface area contributed by atoms with Crippen LogP contribution in [-0.4, -0.2) is 51.8 Å². The topological polar surface area (TPSA) is 98.8 Å². The Hall–Kier alpha value is -2.23. The molecule has 0 bridgehead atoms. The van der Waals surface area contributed by atoms with Crippen LogP contribution >= 0.6 is 0 Å². The maximum absolute atomic E-state index is 10.5. The zero-order valence-corrected chi connectivity index (χ0v) is 19.9. The molecule has 7 nitrogen and oxygen atoms in total. The molecule has 4 N–H and O–H groups in total. The minimum atomic E-state index is -1.27. The predicted octanol–water partition coefficient (Wildman–Crippen LogP) is -0.609. The number of hydrogen-bond acceptors (Lipinski definition) is 5. The second-order valence-electron chi connectivity index (χ2n) is 8.46. The van der Waals surface area contributed by atoms with Crippen molar-refractivity contribution in [2.24, 2.45) is 0 Å². The lowest BCUT2D eigenvalue weighted by molar-refractivity contribution is -0.776. The Morgan fingerprint density at radius 1 is 0.969 bits per heavy atom. The van der Waals surface area contributed by atoms with E-state index >= 15 is 0 Å². The summed E-state index contributed by atoms with van der Waals surface area (Å²) >= 11 is 0. The zero-order chi connectivity index (χ0) is 22.0.